The Morgan fingerprint density at radius 2 is 1.81 bits per heavy atom. The normalized spacial score (nSPS) is 10.8. The Labute approximate surface area is 149 Å². The maximum atomic E-state index is 13.5. The Kier molecular flexibility index (Phi) is 4.79. The molecule has 0 saturated heterocycles. The predicted octanol–water partition coefficient (Wildman–Crippen LogP) is 2.92. The molecule has 1 heterocycles. The van der Waals surface area contributed by atoms with Crippen LogP contribution >= 0.6 is 0 Å². The third-order valence-electron chi connectivity index (χ3n) is 4.27. The fraction of sp³-hybridized carbons (Fsp3) is 0.263. The zero-order valence-corrected chi connectivity index (χ0v) is 15.0. The molecule has 0 fully saturated rings. The van der Waals surface area contributed by atoms with Crippen LogP contribution in [0, 0.1) is 12.7 Å². The topological polar surface area (TPSA) is 62.6 Å². The molecular formula is C19H19FN2O4. The number of fused-ring (bicyclic) bond motifs is 1. The number of halogens is 1. The quantitative estimate of drug-likeness (QED) is 0.702. The lowest BCUT2D eigenvalue weighted by Crippen LogP contribution is -2.22. The molecule has 7 heteroatoms. The first-order valence-electron chi connectivity index (χ1n) is 7.93. The van der Waals surface area contributed by atoms with Gasteiger partial charge in [0.2, 0.25) is 5.75 Å². The molecule has 3 rings (SSSR count). The minimum absolute atomic E-state index is 0.210. The van der Waals surface area contributed by atoms with Gasteiger partial charge in [-0.3, -0.25) is 9.36 Å². The Hall–Kier alpha value is -3.09. The highest BCUT2D eigenvalue weighted by Crippen LogP contribution is 2.41. The van der Waals surface area contributed by atoms with Gasteiger partial charge in [0.25, 0.3) is 5.56 Å². The van der Waals surface area contributed by atoms with Crippen molar-refractivity contribution in [3.8, 4) is 17.2 Å². The fourth-order valence-corrected chi connectivity index (χ4v) is 2.87. The first kappa shape index (κ1) is 17.7. The summed E-state index contributed by atoms with van der Waals surface area (Å²) in [4.78, 5) is 17.3. The molecule has 0 aliphatic heterocycles. The van der Waals surface area contributed by atoms with E-state index in [0.717, 1.165) is 5.56 Å². The fourth-order valence-electron chi connectivity index (χ4n) is 2.87. The van der Waals surface area contributed by atoms with Crippen molar-refractivity contribution in [2.75, 3.05) is 21.3 Å². The van der Waals surface area contributed by atoms with Gasteiger partial charge in [0.05, 0.1) is 39.6 Å². The van der Waals surface area contributed by atoms with E-state index in [1.807, 2.05) is 6.92 Å². The highest BCUT2D eigenvalue weighted by atomic mass is 19.1. The van der Waals surface area contributed by atoms with Crippen LogP contribution in [0.3, 0.4) is 0 Å². The van der Waals surface area contributed by atoms with E-state index in [4.69, 9.17) is 14.2 Å². The number of methoxy groups -OCH3 is 3. The number of rotatable bonds is 5. The lowest BCUT2D eigenvalue weighted by Gasteiger charge is -2.15. The molecule has 0 bridgehead atoms. The van der Waals surface area contributed by atoms with Gasteiger partial charge in [-0.25, -0.2) is 9.37 Å². The van der Waals surface area contributed by atoms with E-state index in [1.54, 1.807) is 12.1 Å². The molecule has 0 amide bonds. The summed E-state index contributed by atoms with van der Waals surface area (Å²) in [5.74, 6) is 0.720. The second-order valence-corrected chi connectivity index (χ2v) is 5.79. The van der Waals surface area contributed by atoms with Gasteiger partial charge in [0.1, 0.15) is 11.3 Å². The highest BCUT2D eigenvalue weighted by Gasteiger charge is 2.19. The molecule has 0 saturated carbocycles. The van der Waals surface area contributed by atoms with Crippen LogP contribution in [0.15, 0.2) is 35.4 Å². The van der Waals surface area contributed by atoms with Crippen molar-refractivity contribution in [1.82, 2.24) is 9.55 Å². The molecule has 2 aromatic carbocycles. The maximum absolute atomic E-state index is 13.5. The standard InChI is InChI=1S/C19H19FN2O4/c1-11-5-6-13(20)7-12(11)9-22-10-21-16-14(19(22)23)8-15(24-2)17(25-3)18(16)26-4/h5-8,10H,9H2,1-4H3. The third-order valence-corrected chi connectivity index (χ3v) is 4.27. The second kappa shape index (κ2) is 7.03. The number of aryl methyl sites for hydroxylation is 1. The summed E-state index contributed by atoms with van der Waals surface area (Å²) >= 11 is 0. The van der Waals surface area contributed by atoms with Gasteiger partial charge in [0, 0.05) is 0 Å². The Morgan fingerprint density at radius 3 is 2.46 bits per heavy atom. The Balaban J connectivity index is 2.20. The van der Waals surface area contributed by atoms with Gasteiger partial charge in [-0.1, -0.05) is 6.07 Å². The van der Waals surface area contributed by atoms with Crippen molar-refractivity contribution >= 4 is 10.9 Å². The van der Waals surface area contributed by atoms with Crippen LogP contribution in [-0.4, -0.2) is 30.9 Å². The van der Waals surface area contributed by atoms with Crippen molar-refractivity contribution < 1.29 is 18.6 Å². The van der Waals surface area contributed by atoms with Gasteiger partial charge in [-0.2, -0.15) is 0 Å². The molecule has 3 aromatic rings. The van der Waals surface area contributed by atoms with E-state index in [9.17, 15) is 9.18 Å². The molecule has 6 nitrogen and oxygen atoms in total. The van der Waals surface area contributed by atoms with E-state index in [1.165, 1.54) is 44.4 Å². The Bertz CT molecular complexity index is 1030. The average molecular weight is 358 g/mol. The lowest BCUT2D eigenvalue weighted by molar-refractivity contribution is 0.326. The first-order valence-corrected chi connectivity index (χ1v) is 7.93. The van der Waals surface area contributed by atoms with E-state index in [-0.39, 0.29) is 17.9 Å². The van der Waals surface area contributed by atoms with Crippen molar-refractivity contribution in [2.45, 2.75) is 13.5 Å². The lowest BCUT2D eigenvalue weighted by atomic mass is 10.1. The maximum Gasteiger partial charge on any atom is 0.261 e. The van der Waals surface area contributed by atoms with Gasteiger partial charge in [-0.15, -0.1) is 0 Å². The van der Waals surface area contributed by atoms with Crippen LogP contribution in [0.5, 0.6) is 17.2 Å². The number of aromatic nitrogens is 2. The van der Waals surface area contributed by atoms with Crippen molar-refractivity contribution in [2.24, 2.45) is 0 Å². The van der Waals surface area contributed by atoms with Gasteiger partial charge in [0.15, 0.2) is 11.5 Å². The average Bonchev–Trinajstić information content (AvgIpc) is 2.65. The van der Waals surface area contributed by atoms with Gasteiger partial charge >= 0.3 is 0 Å². The third kappa shape index (κ3) is 2.96. The van der Waals surface area contributed by atoms with Gasteiger partial charge < -0.3 is 14.2 Å². The Morgan fingerprint density at radius 1 is 1.08 bits per heavy atom. The zero-order valence-electron chi connectivity index (χ0n) is 15.0. The molecule has 26 heavy (non-hydrogen) atoms. The smallest absolute Gasteiger partial charge is 0.261 e. The summed E-state index contributed by atoms with van der Waals surface area (Å²) in [5, 5.41) is 0.330. The van der Waals surface area contributed by atoms with E-state index in [0.29, 0.717) is 33.7 Å². The van der Waals surface area contributed by atoms with Crippen LogP contribution in [0.2, 0.25) is 0 Å². The van der Waals surface area contributed by atoms with Crippen molar-refractivity contribution in [3.63, 3.8) is 0 Å². The van der Waals surface area contributed by atoms with E-state index in [2.05, 4.69) is 4.98 Å². The summed E-state index contributed by atoms with van der Waals surface area (Å²) in [6, 6.07) is 6.06. The molecule has 1 aromatic heterocycles. The van der Waals surface area contributed by atoms with Crippen LogP contribution in [0.4, 0.5) is 4.39 Å². The molecular weight excluding hydrogens is 339 g/mol. The summed E-state index contributed by atoms with van der Waals surface area (Å²) in [5.41, 5.74) is 1.70. The molecule has 0 aliphatic carbocycles. The first-order chi connectivity index (χ1) is 12.5. The van der Waals surface area contributed by atoms with Crippen LogP contribution in [0.25, 0.3) is 10.9 Å². The molecule has 0 unspecified atom stereocenters. The van der Waals surface area contributed by atoms with Crippen molar-refractivity contribution in [1.29, 1.82) is 0 Å². The number of ether oxygens (including phenoxy) is 3. The number of benzene rings is 2. The van der Waals surface area contributed by atoms with Crippen LogP contribution < -0.4 is 19.8 Å². The minimum atomic E-state index is -0.347. The predicted molar refractivity (Wildman–Crippen MR) is 95.9 cm³/mol. The van der Waals surface area contributed by atoms with Crippen LogP contribution in [0.1, 0.15) is 11.1 Å². The molecule has 136 valence electrons. The molecule has 0 radical (unpaired) electrons. The number of hydrogen-bond acceptors (Lipinski definition) is 5. The van der Waals surface area contributed by atoms with E-state index < -0.39 is 0 Å². The molecule has 0 spiro atoms. The second-order valence-electron chi connectivity index (χ2n) is 5.79. The monoisotopic (exact) mass is 358 g/mol. The van der Waals surface area contributed by atoms with Crippen LogP contribution in [-0.2, 0) is 6.54 Å². The van der Waals surface area contributed by atoms with Crippen molar-refractivity contribution in [3.05, 3.63) is 57.9 Å². The SMILES string of the molecule is COc1cc2c(=O)n(Cc3cc(F)ccc3C)cnc2c(OC)c1OC. The zero-order chi connectivity index (χ0) is 18.8. The summed E-state index contributed by atoms with van der Waals surface area (Å²) in [6.45, 7) is 2.08. The minimum Gasteiger partial charge on any atom is -0.493 e. The molecule has 0 N–H and O–H groups in total. The largest absolute Gasteiger partial charge is 0.493 e. The highest BCUT2D eigenvalue weighted by molar-refractivity contribution is 5.89. The summed E-state index contributed by atoms with van der Waals surface area (Å²) in [6.07, 6.45) is 1.42. The van der Waals surface area contributed by atoms with E-state index >= 15 is 0 Å². The number of nitrogens with zero attached hydrogens (tertiary/aromatic N) is 2. The molecule has 0 aliphatic rings. The summed E-state index contributed by atoms with van der Waals surface area (Å²) in [7, 11) is 4.44. The van der Waals surface area contributed by atoms with Gasteiger partial charge in [-0.05, 0) is 36.2 Å². The summed E-state index contributed by atoms with van der Waals surface area (Å²) < 4.78 is 31.0. The molecule has 0 atom stereocenters. The number of hydrogen-bond donors (Lipinski definition) is 0.